The van der Waals surface area contributed by atoms with Crippen molar-refractivity contribution in [3.05, 3.63) is 30.0 Å². The molecule has 0 spiro atoms. The molecule has 2 aliphatic rings. The molecule has 3 N–H and O–H groups in total. The number of anilines is 1. The number of para-hydroxylation sites is 1. The van der Waals surface area contributed by atoms with E-state index in [4.69, 9.17) is 15.0 Å². The third-order valence-electron chi connectivity index (χ3n) is 6.28. The van der Waals surface area contributed by atoms with Crippen LogP contribution in [0.5, 0.6) is 5.75 Å². The largest absolute Gasteiger partial charge is 0.507 e. The van der Waals surface area contributed by atoms with E-state index < -0.39 is 0 Å². The Balaban J connectivity index is 1.59. The smallest absolute Gasteiger partial charge is 0.225 e. The zero-order valence-electron chi connectivity index (χ0n) is 17.6. The van der Waals surface area contributed by atoms with Crippen LogP contribution >= 0.6 is 0 Å². The average molecular weight is 407 g/mol. The van der Waals surface area contributed by atoms with E-state index in [0.29, 0.717) is 17.9 Å². The van der Waals surface area contributed by atoms with Crippen LogP contribution in [-0.2, 0) is 13.0 Å². The Hall–Kier alpha value is -2.67. The molecule has 0 atom stereocenters. The van der Waals surface area contributed by atoms with Crippen molar-refractivity contribution >= 4 is 17.1 Å². The van der Waals surface area contributed by atoms with Gasteiger partial charge in [-0.3, -0.25) is 0 Å². The third kappa shape index (κ3) is 3.86. The fourth-order valence-electron chi connectivity index (χ4n) is 4.34. The molecule has 7 heteroatoms. The van der Waals surface area contributed by atoms with Gasteiger partial charge in [0.2, 0.25) is 5.95 Å². The predicted octanol–water partition coefficient (Wildman–Crippen LogP) is 3.73. The number of phenolic OH excluding ortho intramolecular Hbond substituents is 1. The van der Waals surface area contributed by atoms with E-state index in [1.54, 1.807) is 6.07 Å². The van der Waals surface area contributed by atoms with Gasteiger partial charge in [0, 0.05) is 12.6 Å². The van der Waals surface area contributed by atoms with Crippen LogP contribution in [-0.4, -0.2) is 43.8 Å². The maximum atomic E-state index is 10.5. The highest BCUT2D eigenvalue weighted by Crippen LogP contribution is 2.33. The van der Waals surface area contributed by atoms with Crippen LogP contribution in [0, 0.1) is 5.92 Å². The standard InChI is InChI=1S/C23H30N6O/c1-2-18-20-22(28-23(26-18)25-16-7-8-16)29(14-11-15-9-12-24-13-10-15)21(27-20)17-5-3-4-6-19(17)30/h3-6,15-16,24,30H,2,7-14H2,1H3,(H,25,26,28). The average Bonchev–Trinajstić information content (AvgIpc) is 3.51. The molecule has 0 amide bonds. The van der Waals surface area contributed by atoms with Crippen LogP contribution in [0.15, 0.2) is 24.3 Å². The third-order valence-corrected chi connectivity index (χ3v) is 6.28. The summed E-state index contributed by atoms with van der Waals surface area (Å²) in [5.41, 5.74) is 3.43. The first kappa shape index (κ1) is 19.3. The van der Waals surface area contributed by atoms with Crippen LogP contribution in [0.1, 0.15) is 44.7 Å². The molecule has 0 unspecified atom stereocenters. The molecule has 3 heterocycles. The summed E-state index contributed by atoms with van der Waals surface area (Å²) in [7, 11) is 0. The Bertz CT molecular complexity index is 1040. The molecule has 0 radical (unpaired) electrons. The highest BCUT2D eigenvalue weighted by Gasteiger charge is 2.25. The minimum atomic E-state index is 0.248. The molecule has 2 fully saturated rings. The summed E-state index contributed by atoms with van der Waals surface area (Å²) in [6, 6.07) is 7.93. The molecule has 1 saturated carbocycles. The molecule has 1 saturated heterocycles. The minimum Gasteiger partial charge on any atom is -0.507 e. The molecule has 30 heavy (non-hydrogen) atoms. The van der Waals surface area contributed by atoms with Gasteiger partial charge < -0.3 is 20.3 Å². The van der Waals surface area contributed by atoms with Gasteiger partial charge in [0.15, 0.2) is 5.65 Å². The second-order valence-corrected chi connectivity index (χ2v) is 8.52. The Morgan fingerprint density at radius 2 is 1.90 bits per heavy atom. The van der Waals surface area contributed by atoms with Crippen LogP contribution < -0.4 is 10.6 Å². The van der Waals surface area contributed by atoms with Crippen molar-refractivity contribution in [2.24, 2.45) is 5.92 Å². The normalized spacial score (nSPS) is 17.5. The van der Waals surface area contributed by atoms with Gasteiger partial charge in [-0.15, -0.1) is 0 Å². The lowest BCUT2D eigenvalue weighted by Crippen LogP contribution is -2.28. The molecule has 2 aromatic heterocycles. The van der Waals surface area contributed by atoms with Gasteiger partial charge in [-0.2, -0.15) is 4.98 Å². The second kappa shape index (κ2) is 8.22. The van der Waals surface area contributed by atoms with Crippen molar-refractivity contribution in [2.45, 2.75) is 58.0 Å². The van der Waals surface area contributed by atoms with Crippen LogP contribution in [0.3, 0.4) is 0 Å². The van der Waals surface area contributed by atoms with Crippen molar-refractivity contribution in [1.29, 1.82) is 0 Å². The number of piperidine rings is 1. The number of benzene rings is 1. The number of nitrogens with one attached hydrogen (secondary N) is 2. The van der Waals surface area contributed by atoms with Crippen LogP contribution in [0.25, 0.3) is 22.6 Å². The highest BCUT2D eigenvalue weighted by molar-refractivity contribution is 5.81. The minimum absolute atomic E-state index is 0.248. The van der Waals surface area contributed by atoms with E-state index in [2.05, 4.69) is 22.1 Å². The van der Waals surface area contributed by atoms with E-state index in [0.717, 1.165) is 60.7 Å². The van der Waals surface area contributed by atoms with E-state index in [1.807, 2.05) is 18.2 Å². The van der Waals surface area contributed by atoms with Gasteiger partial charge >= 0.3 is 0 Å². The number of hydrogen-bond acceptors (Lipinski definition) is 6. The van der Waals surface area contributed by atoms with Crippen molar-refractivity contribution < 1.29 is 5.11 Å². The SMILES string of the molecule is CCc1nc(NC2CC2)nc2c1nc(-c1ccccc1O)n2CCC1CCNCC1. The predicted molar refractivity (Wildman–Crippen MR) is 119 cm³/mol. The monoisotopic (exact) mass is 406 g/mol. The summed E-state index contributed by atoms with van der Waals surface area (Å²) >= 11 is 0. The van der Waals surface area contributed by atoms with E-state index in [1.165, 1.54) is 25.7 Å². The molecule has 5 rings (SSSR count). The number of fused-ring (bicyclic) bond motifs is 1. The fraction of sp³-hybridized carbons (Fsp3) is 0.522. The van der Waals surface area contributed by atoms with Gasteiger partial charge in [-0.1, -0.05) is 19.1 Å². The first-order valence-electron chi connectivity index (χ1n) is 11.3. The Kier molecular flexibility index (Phi) is 5.29. The molecule has 158 valence electrons. The first-order valence-corrected chi connectivity index (χ1v) is 11.3. The Morgan fingerprint density at radius 3 is 2.63 bits per heavy atom. The fourth-order valence-corrected chi connectivity index (χ4v) is 4.34. The summed E-state index contributed by atoms with van der Waals surface area (Å²) in [6.07, 6.45) is 6.67. The summed E-state index contributed by atoms with van der Waals surface area (Å²) in [5.74, 6) is 2.44. The maximum Gasteiger partial charge on any atom is 0.225 e. The topological polar surface area (TPSA) is 87.9 Å². The number of aryl methyl sites for hydroxylation is 2. The van der Waals surface area contributed by atoms with Crippen molar-refractivity contribution in [2.75, 3.05) is 18.4 Å². The summed E-state index contributed by atoms with van der Waals surface area (Å²) in [5, 5.41) is 17.4. The summed E-state index contributed by atoms with van der Waals surface area (Å²) < 4.78 is 2.20. The van der Waals surface area contributed by atoms with Crippen LogP contribution in [0.2, 0.25) is 0 Å². The van der Waals surface area contributed by atoms with Crippen molar-refractivity contribution in [1.82, 2.24) is 24.8 Å². The van der Waals surface area contributed by atoms with Gasteiger partial charge in [0.05, 0.1) is 11.3 Å². The number of imidazole rings is 1. The lowest BCUT2D eigenvalue weighted by molar-refractivity contribution is 0.339. The molecule has 7 nitrogen and oxygen atoms in total. The van der Waals surface area contributed by atoms with Gasteiger partial charge in [0.1, 0.15) is 17.1 Å². The molecule has 1 aliphatic carbocycles. The first-order chi connectivity index (χ1) is 14.7. The Labute approximate surface area is 177 Å². The van der Waals surface area contributed by atoms with Crippen molar-refractivity contribution in [3.8, 4) is 17.1 Å². The zero-order chi connectivity index (χ0) is 20.5. The van der Waals surface area contributed by atoms with Gasteiger partial charge in [-0.25, -0.2) is 9.97 Å². The second-order valence-electron chi connectivity index (χ2n) is 8.52. The molecular weight excluding hydrogens is 376 g/mol. The molecular formula is C23H30N6O. The van der Waals surface area contributed by atoms with Gasteiger partial charge in [0.25, 0.3) is 0 Å². The van der Waals surface area contributed by atoms with E-state index in [9.17, 15) is 5.11 Å². The number of hydrogen-bond donors (Lipinski definition) is 3. The lowest BCUT2D eigenvalue weighted by Gasteiger charge is -2.23. The van der Waals surface area contributed by atoms with Crippen molar-refractivity contribution in [3.63, 3.8) is 0 Å². The highest BCUT2D eigenvalue weighted by atomic mass is 16.3. The Morgan fingerprint density at radius 1 is 1.10 bits per heavy atom. The quantitative estimate of drug-likeness (QED) is 0.554. The van der Waals surface area contributed by atoms with E-state index in [-0.39, 0.29) is 5.75 Å². The summed E-state index contributed by atoms with van der Waals surface area (Å²) in [4.78, 5) is 14.6. The summed E-state index contributed by atoms with van der Waals surface area (Å²) in [6.45, 7) is 5.14. The molecule has 1 aromatic carbocycles. The molecule has 0 bridgehead atoms. The van der Waals surface area contributed by atoms with Gasteiger partial charge in [-0.05, 0) is 69.7 Å². The van der Waals surface area contributed by atoms with E-state index >= 15 is 0 Å². The number of rotatable bonds is 7. The zero-order valence-corrected chi connectivity index (χ0v) is 17.6. The number of phenols is 1. The number of aromatic hydroxyl groups is 1. The maximum absolute atomic E-state index is 10.5. The lowest BCUT2D eigenvalue weighted by atomic mass is 9.95. The molecule has 3 aromatic rings. The molecule has 1 aliphatic heterocycles. The van der Waals surface area contributed by atoms with Crippen LogP contribution in [0.4, 0.5) is 5.95 Å². The number of nitrogens with zero attached hydrogens (tertiary/aromatic N) is 4. The number of aromatic nitrogens is 4.